The summed E-state index contributed by atoms with van der Waals surface area (Å²) in [5.41, 5.74) is 0.391. The van der Waals surface area contributed by atoms with Crippen LogP contribution in [0.5, 0.6) is 0 Å². The number of nitrogens with one attached hydrogen (secondary N) is 1. The highest BCUT2D eigenvalue weighted by molar-refractivity contribution is 6.30. The van der Waals surface area contributed by atoms with E-state index in [1.54, 1.807) is 25.3 Å². The molecule has 1 unspecified atom stereocenters. The Bertz CT molecular complexity index is 425. The summed E-state index contributed by atoms with van der Waals surface area (Å²) >= 11 is 5.80. The van der Waals surface area contributed by atoms with Gasteiger partial charge in [-0.2, -0.15) is 0 Å². The van der Waals surface area contributed by atoms with Crippen molar-refractivity contribution in [1.29, 1.82) is 0 Å². The molecule has 1 aromatic rings. The maximum absolute atomic E-state index is 13.9. The van der Waals surface area contributed by atoms with Gasteiger partial charge in [-0.25, -0.2) is 4.39 Å². The Kier molecular flexibility index (Phi) is 6.49. The molecule has 0 radical (unpaired) electrons. The van der Waals surface area contributed by atoms with Gasteiger partial charge in [-0.1, -0.05) is 36.7 Å². The molecule has 1 aromatic carbocycles. The Morgan fingerprint density at radius 1 is 1.53 bits per heavy atom. The third-order valence-corrected chi connectivity index (χ3v) is 3.42. The zero-order valence-electron chi connectivity index (χ0n) is 11.5. The summed E-state index contributed by atoms with van der Waals surface area (Å²) in [5.74, 6) is -0.339. The van der Waals surface area contributed by atoms with Gasteiger partial charge in [0.2, 0.25) is 0 Å². The molecule has 19 heavy (non-hydrogen) atoms. The second-order valence-electron chi connectivity index (χ2n) is 4.92. The second kappa shape index (κ2) is 7.63. The van der Waals surface area contributed by atoms with Gasteiger partial charge in [0.25, 0.3) is 0 Å². The molecule has 0 spiro atoms. The third kappa shape index (κ3) is 4.94. The third-order valence-electron chi connectivity index (χ3n) is 3.13. The van der Waals surface area contributed by atoms with E-state index >= 15 is 0 Å². The van der Waals surface area contributed by atoms with Crippen LogP contribution in [0.4, 0.5) is 4.39 Å². The minimum Gasteiger partial charge on any atom is -0.383 e. The van der Waals surface area contributed by atoms with E-state index in [4.69, 9.17) is 16.3 Å². The van der Waals surface area contributed by atoms with Crippen molar-refractivity contribution in [3.63, 3.8) is 0 Å². The Hall–Kier alpha value is -0.900. The molecule has 4 heteroatoms. The molecule has 106 valence electrons. The molecule has 0 heterocycles. The predicted octanol–water partition coefficient (Wildman–Crippen LogP) is 3.45. The van der Waals surface area contributed by atoms with Crippen LogP contribution in [0.2, 0.25) is 5.02 Å². The second-order valence-corrected chi connectivity index (χ2v) is 5.32. The van der Waals surface area contributed by atoms with Crippen LogP contribution in [0.1, 0.15) is 12.5 Å². The first-order valence-electron chi connectivity index (χ1n) is 6.28. The van der Waals surface area contributed by atoms with Crippen LogP contribution >= 0.6 is 11.6 Å². The van der Waals surface area contributed by atoms with Crippen molar-refractivity contribution in [3.8, 4) is 0 Å². The van der Waals surface area contributed by atoms with Crippen molar-refractivity contribution in [3.05, 3.63) is 47.3 Å². The summed E-state index contributed by atoms with van der Waals surface area (Å²) in [5, 5.41) is 3.44. The van der Waals surface area contributed by atoms with Crippen LogP contribution in [-0.4, -0.2) is 26.8 Å². The number of ether oxygens (including phenoxy) is 1. The van der Waals surface area contributed by atoms with Crippen molar-refractivity contribution in [1.82, 2.24) is 5.32 Å². The van der Waals surface area contributed by atoms with Gasteiger partial charge in [-0.15, -0.1) is 6.58 Å². The fourth-order valence-electron chi connectivity index (χ4n) is 1.88. The molecular formula is C15H21ClFNO. The van der Waals surface area contributed by atoms with E-state index in [0.29, 0.717) is 25.1 Å². The highest BCUT2D eigenvalue weighted by Crippen LogP contribution is 2.27. The van der Waals surface area contributed by atoms with Crippen molar-refractivity contribution in [2.24, 2.45) is 5.41 Å². The normalized spacial score (nSPS) is 14.1. The largest absolute Gasteiger partial charge is 0.383 e. The monoisotopic (exact) mass is 285 g/mol. The molecule has 0 aliphatic rings. The van der Waals surface area contributed by atoms with Crippen LogP contribution < -0.4 is 5.32 Å². The number of benzene rings is 1. The van der Waals surface area contributed by atoms with Crippen LogP contribution in [0, 0.1) is 11.2 Å². The fourth-order valence-corrected chi connectivity index (χ4v) is 2.07. The molecule has 0 aromatic heterocycles. The quantitative estimate of drug-likeness (QED) is 0.583. The van der Waals surface area contributed by atoms with E-state index in [2.05, 4.69) is 11.9 Å². The van der Waals surface area contributed by atoms with Gasteiger partial charge in [0.15, 0.2) is 0 Å². The van der Waals surface area contributed by atoms with Gasteiger partial charge < -0.3 is 10.1 Å². The molecule has 0 aliphatic carbocycles. The molecule has 1 atom stereocenters. The van der Waals surface area contributed by atoms with Crippen LogP contribution in [0.15, 0.2) is 30.9 Å². The van der Waals surface area contributed by atoms with Crippen LogP contribution in [0.3, 0.4) is 0 Å². The minimum absolute atomic E-state index is 0.163. The highest BCUT2D eigenvalue weighted by atomic mass is 35.5. The molecule has 0 saturated heterocycles. The van der Waals surface area contributed by atoms with Gasteiger partial charge >= 0.3 is 0 Å². The average Bonchev–Trinajstić information content (AvgIpc) is 2.40. The number of hydrogen-bond acceptors (Lipinski definition) is 2. The zero-order valence-corrected chi connectivity index (χ0v) is 12.3. The molecule has 2 nitrogen and oxygen atoms in total. The summed E-state index contributed by atoms with van der Waals surface area (Å²) in [6, 6.07) is 5.09. The van der Waals surface area contributed by atoms with Crippen molar-refractivity contribution in [2.45, 2.75) is 13.3 Å². The molecule has 0 amide bonds. The average molecular weight is 286 g/mol. The Labute approximate surface area is 119 Å². The topological polar surface area (TPSA) is 21.3 Å². The molecule has 0 fully saturated rings. The van der Waals surface area contributed by atoms with E-state index < -0.39 is 0 Å². The lowest BCUT2D eigenvalue weighted by atomic mass is 9.83. The van der Waals surface area contributed by atoms with Crippen molar-refractivity contribution < 1.29 is 9.13 Å². The fraction of sp³-hybridized carbons (Fsp3) is 0.467. The van der Waals surface area contributed by atoms with Gasteiger partial charge in [-0.3, -0.25) is 0 Å². The number of rotatable bonds is 8. The first-order chi connectivity index (χ1) is 9.02. The molecule has 0 aliphatic heterocycles. The van der Waals surface area contributed by atoms with Gasteiger partial charge in [0, 0.05) is 25.6 Å². The summed E-state index contributed by atoms with van der Waals surface area (Å²) in [6.07, 6.45) is 2.41. The lowest BCUT2D eigenvalue weighted by Crippen LogP contribution is -2.34. The van der Waals surface area contributed by atoms with Crippen LogP contribution in [0.25, 0.3) is 0 Å². The maximum Gasteiger partial charge on any atom is 0.144 e. The minimum atomic E-state index is -0.339. The van der Waals surface area contributed by atoms with Gasteiger partial charge in [0.1, 0.15) is 5.82 Å². The highest BCUT2D eigenvalue weighted by Gasteiger charge is 2.22. The molecule has 1 rings (SSSR count). The smallest absolute Gasteiger partial charge is 0.144 e. The molecular weight excluding hydrogens is 265 g/mol. The Morgan fingerprint density at radius 2 is 2.26 bits per heavy atom. The van der Waals surface area contributed by atoms with Gasteiger partial charge in [-0.05, 0) is 18.1 Å². The van der Waals surface area contributed by atoms with E-state index in [-0.39, 0.29) is 16.3 Å². The van der Waals surface area contributed by atoms with E-state index in [1.807, 2.05) is 13.0 Å². The van der Waals surface area contributed by atoms with Crippen LogP contribution in [-0.2, 0) is 11.2 Å². The van der Waals surface area contributed by atoms with Gasteiger partial charge in [0.05, 0.1) is 11.6 Å². The van der Waals surface area contributed by atoms with E-state index in [9.17, 15) is 4.39 Å². The summed E-state index contributed by atoms with van der Waals surface area (Å²) in [6.45, 7) is 8.02. The van der Waals surface area contributed by atoms with Crippen molar-refractivity contribution >= 4 is 11.6 Å². The first-order valence-corrected chi connectivity index (χ1v) is 6.66. The summed E-state index contributed by atoms with van der Waals surface area (Å²) < 4.78 is 18.9. The maximum atomic E-state index is 13.9. The lowest BCUT2D eigenvalue weighted by Gasteiger charge is -2.26. The molecule has 0 bridgehead atoms. The summed E-state index contributed by atoms with van der Waals surface area (Å²) in [7, 11) is 1.66. The molecule has 0 saturated carbocycles. The lowest BCUT2D eigenvalue weighted by molar-refractivity contribution is 0.195. The SMILES string of the molecule is C=CC(C)(CNCCOC)Cc1cccc(Cl)c1F. The molecule has 1 N–H and O–H groups in total. The Morgan fingerprint density at radius 3 is 2.89 bits per heavy atom. The van der Waals surface area contributed by atoms with E-state index in [0.717, 1.165) is 6.54 Å². The Balaban J connectivity index is 2.69. The van der Waals surface area contributed by atoms with E-state index in [1.165, 1.54) is 0 Å². The zero-order chi connectivity index (χ0) is 14.3. The summed E-state index contributed by atoms with van der Waals surface area (Å²) in [4.78, 5) is 0. The first kappa shape index (κ1) is 16.2. The number of halogens is 2. The number of methoxy groups -OCH3 is 1. The predicted molar refractivity (Wildman–Crippen MR) is 78.2 cm³/mol. The van der Waals surface area contributed by atoms with Crippen molar-refractivity contribution in [2.75, 3.05) is 26.8 Å². The number of hydrogen-bond donors (Lipinski definition) is 1. The standard InChI is InChI=1S/C15H21ClFNO/c1-4-15(2,11-18-8-9-19-3)10-12-6-5-7-13(16)14(12)17/h4-7,18H,1,8-11H2,2-3H3.